The topological polar surface area (TPSA) is 0 Å². The molecule has 0 heterocycles. The fourth-order valence-electron chi connectivity index (χ4n) is 0. The zero-order valence-corrected chi connectivity index (χ0v) is 7.02. The van der Waals surface area contributed by atoms with E-state index in [1.807, 2.05) is 0 Å². The highest BCUT2D eigenvalue weighted by molar-refractivity contribution is 7.95. The third-order valence-corrected chi connectivity index (χ3v) is 1.73. The minimum absolute atomic E-state index is 0.677. The van der Waals surface area contributed by atoms with E-state index in [-0.39, 0.29) is 0 Å². The first-order valence-corrected chi connectivity index (χ1v) is 4.90. The van der Waals surface area contributed by atoms with E-state index in [9.17, 15) is 17.3 Å². The summed E-state index contributed by atoms with van der Waals surface area (Å²) in [4.78, 5) is 0. The van der Waals surface area contributed by atoms with Gasteiger partial charge in [0.05, 0.1) is 12.5 Å². The van der Waals surface area contributed by atoms with E-state index in [1.54, 1.807) is 0 Å². The second-order valence-corrected chi connectivity index (χ2v) is 4.32. The summed E-state index contributed by atoms with van der Waals surface area (Å²) in [6.07, 6.45) is 4.50. The Balaban J connectivity index is 0. The van der Waals surface area contributed by atoms with Crippen LogP contribution >= 0.6 is 0 Å². The second kappa shape index (κ2) is 5.89. The SMILES string of the molecule is CC[S+](C)C.F[B-](F)(F)F. The molecule has 0 radical (unpaired) electrons. The largest absolute Gasteiger partial charge is 0.673 e. The van der Waals surface area contributed by atoms with E-state index in [4.69, 9.17) is 0 Å². The van der Waals surface area contributed by atoms with Gasteiger partial charge in [-0.05, 0) is 17.8 Å². The minimum Gasteiger partial charge on any atom is -0.418 e. The van der Waals surface area contributed by atoms with Crippen molar-refractivity contribution in [1.29, 1.82) is 0 Å². The number of hydrogen-bond acceptors (Lipinski definition) is 0. The van der Waals surface area contributed by atoms with Gasteiger partial charge in [0.2, 0.25) is 0 Å². The van der Waals surface area contributed by atoms with Gasteiger partial charge >= 0.3 is 7.25 Å². The van der Waals surface area contributed by atoms with Crippen LogP contribution in [0.15, 0.2) is 0 Å². The first kappa shape index (κ1) is 12.8. The highest BCUT2D eigenvalue weighted by Gasteiger charge is 2.20. The van der Waals surface area contributed by atoms with Crippen LogP contribution < -0.4 is 0 Å². The van der Waals surface area contributed by atoms with Gasteiger partial charge in [0.1, 0.15) is 5.75 Å². The Kier molecular flexibility index (Phi) is 7.52. The van der Waals surface area contributed by atoms with Crippen molar-refractivity contribution in [1.82, 2.24) is 0 Å². The molecule has 0 rings (SSSR count). The van der Waals surface area contributed by atoms with Gasteiger partial charge in [0.15, 0.2) is 0 Å². The Hall–Kier alpha value is 0.135. The summed E-state index contributed by atoms with van der Waals surface area (Å²) in [5.41, 5.74) is 0. The van der Waals surface area contributed by atoms with Crippen LogP contribution in [0.25, 0.3) is 0 Å². The van der Waals surface area contributed by atoms with Gasteiger partial charge in [-0.2, -0.15) is 0 Å². The van der Waals surface area contributed by atoms with Crippen molar-refractivity contribution in [3.05, 3.63) is 0 Å². The van der Waals surface area contributed by atoms with Gasteiger partial charge in [-0.3, -0.25) is 0 Å². The highest BCUT2D eigenvalue weighted by atomic mass is 32.2. The van der Waals surface area contributed by atoms with Crippen molar-refractivity contribution in [3.8, 4) is 0 Å². The molecule has 64 valence electrons. The number of halogens is 4. The van der Waals surface area contributed by atoms with Crippen molar-refractivity contribution < 1.29 is 17.3 Å². The Morgan fingerprint density at radius 2 is 1.20 bits per heavy atom. The van der Waals surface area contributed by atoms with Crippen LogP contribution in [-0.4, -0.2) is 25.5 Å². The maximum absolute atomic E-state index is 9.75. The summed E-state index contributed by atoms with van der Waals surface area (Å²) in [5.74, 6) is 1.33. The molecule has 0 saturated heterocycles. The maximum Gasteiger partial charge on any atom is 0.673 e. The van der Waals surface area contributed by atoms with Crippen LogP contribution in [0.4, 0.5) is 17.3 Å². The monoisotopic (exact) mass is 178 g/mol. The summed E-state index contributed by atoms with van der Waals surface area (Å²) in [6.45, 7) is 2.21. The van der Waals surface area contributed by atoms with E-state index in [2.05, 4.69) is 19.4 Å². The van der Waals surface area contributed by atoms with E-state index < -0.39 is 7.25 Å². The lowest BCUT2D eigenvalue weighted by Gasteiger charge is -1.94. The zero-order chi connectivity index (χ0) is 8.78. The molecule has 0 bridgehead atoms. The molecule has 0 aliphatic rings. The smallest absolute Gasteiger partial charge is 0.418 e. The summed E-state index contributed by atoms with van der Waals surface area (Å²) < 4.78 is 39.0. The molecule has 0 fully saturated rings. The fraction of sp³-hybridized carbons (Fsp3) is 1.00. The highest BCUT2D eigenvalue weighted by Crippen LogP contribution is 2.06. The lowest BCUT2D eigenvalue weighted by Crippen LogP contribution is -2.02. The van der Waals surface area contributed by atoms with Crippen LogP contribution in [0, 0.1) is 0 Å². The molecule has 0 saturated carbocycles. The molecular weight excluding hydrogens is 167 g/mol. The molecule has 0 N–H and O–H groups in total. The average molecular weight is 178 g/mol. The van der Waals surface area contributed by atoms with Crippen LogP contribution in [0.5, 0.6) is 0 Å². The van der Waals surface area contributed by atoms with Crippen LogP contribution in [0.3, 0.4) is 0 Å². The van der Waals surface area contributed by atoms with Gasteiger partial charge in [-0.15, -0.1) is 0 Å². The predicted octanol–water partition coefficient (Wildman–Crippen LogP) is 2.18. The van der Waals surface area contributed by atoms with E-state index in [0.717, 1.165) is 0 Å². The number of rotatable bonds is 1. The maximum atomic E-state index is 9.75. The van der Waals surface area contributed by atoms with Crippen molar-refractivity contribution in [3.63, 3.8) is 0 Å². The Morgan fingerprint density at radius 1 is 1.10 bits per heavy atom. The lowest BCUT2D eigenvalue weighted by atomic mass is 10.3. The van der Waals surface area contributed by atoms with Crippen LogP contribution in [0.2, 0.25) is 0 Å². The molecule has 0 nitrogen and oxygen atoms in total. The first-order valence-electron chi connectivity index (χ1n) is 2.69. The van der Waals surface area contributed by atoms with Crippen molar-refractivity contribution in [2.75, 3.05) is 18.3 Å². The quantitative estimate of drug-likeness (QED) is 0.328. The third-order valence-electron chi connectivity index (χ3n) is 0.577. The van der Waals surface area contributed by atoms with E-state index in [0.29, 0.717) is 10.9 Å². The summed E-state index contributed by atoms with van der Waals surface area (Å²) in [6, 6.07) is 0. The Bertz CT molecular complexity index is 66.1. The number of hydrogen-bond donors (Lipinski definition) is 0. The summed E-state index contributed by atoms with van der Waals surface area (Å²) in [5, 5.41) is 0. The molecule has 0 atom stereocenters. The summed E-state index contributed by atoms with van der Waals surface area (Å²) >= 11 is 0. The van der Waals surface area contributed by atoms with Crippen LogP contribution in [-0.2, 0) is 10.9 Å². The van der Waals surface area contributed by atoms with Crippen molar-refractivity contribution >= 4 is 18.1 Å². The third kappa shape index (κ3) is 90.9. The first-order chi connectivity index (χ1) is 4.27. The molecule has 0 aromatic heterocycles. The van der Waals surface area contributed by atoms with Gasteiger partial charge in [0, 0.05) is 0 Å². The van der Waals surface area contributed by atoms with Gasteiger partial charge in [-0.1, -0.05) is 0 Å². The molecule has 10 heavy (non-hydrogen) atoms. The molecule has 0 aliphatic heterocycles. The predicted molar refractivity (Wildman–Crippen MR) is 39.9 cm³/mol. The molecule has 0 unspecified atom stereocenters. The normalized spacial score (nSPS) is 10.8. The van der Waals surface area contributed by atoms with Gasteiger partial charge in [0.25, 0.3) is 0 Å². The van der Waals surface area contributed by atoms with Gasteiger partial charge < -0.3 is 17.3 Å². The zero-order valence-electron chi connectivity index (χ0n) is 6.20. The molecular formula is C4H11BF4S. The van der Waals surface area contributed by atoms with E-state index >= 15 is 0 Å². The minimum atomic E-state index is -6.00. The van der Waals surface area contributed by atoms with Gasteiger partial charge in [-0.25, -0.2) is 0 Å². The second-order valence-electron chi connectivity index (χ2n) is 1.77. The molecule has 0 spiro atoms. The van der Waals surface area contributed by atoms with Crippen molar-refractivity contribution in [2.45, 2.75) is 6.92 Å². The molecule has 0 aromatic carbocycles. The molecule has 6 heteroatoms. The molecule has 0 aliphatic carbocycles. The van der Waals surface area contributed by atoms with E-state index in [1.165, 1.54) is 5.75 Å². The molecule has 0 aromatic rings. The Labute approximate surface area is 61.4 Å². The molecule has 0 amide bonds. The van der Waals surface area contributed by atoms with Crippen LogP contribution in [0.1, 0.15) is 6.92 Å². The fourth-order valence-corrected chi connectivity index (χ4v) is 0. The Morgan fingerprint density at radius 3 is 1.20 bits per heavy atom. The summed E-state index contributed by atoms with van der Waals surface area (Å²) in [7, 11) is -5.32. The average Bonchev–Trinajstić information content (AvgIpc) is 1.61. The van der Waals surface area contributed by atoms with Crippen molar-refractivity contribution in [2.24, 2.45) is 0 Å². The lowest BCUT2D eigenvalue weighted by molar-refractivity contribution is 0.368. The standard InChI is InChI=1S/C4H11S.BF4/c1-4-5(2)3;2-1(3,4)5/h4H2,1-3H3;/q+1;-1.